The van der Waals surface area contributed by atoms with E-state index in [0.717, 1.165) is 25.7 Å². The first-order chi connectivity index (χ1) is 12.9. The predicted octanol–water partition coefficient (Wildman–Crippen LogP) is 3.77. The molecule has 4 nitrogen and oxygen atoms in total. The fraction of sp³-hybridized carbons (Fsp3) is 0.783. The first-order valence-electron chi connectivity index (χ1n) is 10.7. The third-order valence-corrected chi connectivity index (χ3v) is 7.24. The summed E-state index contributed by atoms with van der Waals surface area (Å²) >= 11 is 0. The number of carboxylic acid groups (broad SMARTS) is 1. The minimum Gasteiger partial charge on any atom is -0.481 e. The Bertz CT molecular complexity index is 634. The summed E-state index contributed by atoms with van der Waals surface area (Å²) in [6.45, 7) is 4.24. The van der Waals surface area contributed by atoms with E-state index in [2.05, 4.69) is 25.7 Å². The van der Waals surface area contributed by atoms with Crippen molar-refractivity contribution in [2.45, 2.75) is 83.8 Å². The highest BCUT2D eigenvalue weighted by Gasteiger charge is 2.51. The Hall–Kier alpha value is -1.31. The first kappa shape index (κ1) is 20.4. The van der Waals surface area contributed by atoms with E-state index in [0.29, 0.717) is 24.2 Å². The molecule has 150 valence electrons. The van der Waals surface area contributed by atoms with Gasteiger partial charge in [0, 0.05) is 6.42 Å². The van der Waals surface area contributed by atoms with Gasteiger partial charge in [-0.1, -0.05) is 49.2 Å². The van der Waals surface area contributed by atoms with E-state index in [1.807, 2.05) is 0 Å². The Kier molecular flexibility index (Phi) is 6.65. The Morgan fingerprint density at radius 2 is 1.85 bits per heavy atom. The number of rotatable bonds is 4. The Labute approximate surface area is 163 Å². The van der Waals surface area contributed by atoms with Crippen molar-refractivity contribution in [3.8, 4) is 11.8 Å². The van der Waals surface area contributed by atoms with Crippen LogP contribution in [0, 0.1) is 41.4 Å². The summed E-state index contributed by atoms with van der Waals surface area (Å²) in [5.41, 5.74) is 2.60. The van der Waals surface area contributed by atoms with Gasteiger partial charge in [-0.25, -0.2) is 0 Å². The van der Waals surface area contributed by atoms with Crippen LogP contribution >= 0.6 is 0 Å². The number of carboxylic acids is 1. The number of aliphatic hydroxyl groups is 2. The lowest BCUT2D eigenvalue weighted by molar-refractivity contribution is -0.136. The molecule has 0 saturated heterocycles. The second-order valence-electron chi connectivity index (χ2n) is 8.90. The van der Waals surface area contributed by atoms with Crippen LogP contribution in [-0.2, 0) is 4.79 Å². The molecule has 3 rings (SSSR count). The van der Waals surface area contributed by atoms with E-state index in [1.54, 1.807) is 0 Å². The molecule has 0 radical (unpaired) electrons. The molecule has 3 aliphatic carbocycles. The monoisotopic (exact) mass is 374 g/mol. The minimum atomic E-state index is -0.752. The van der Waals surface area contributed by atoms with E-state index in [-0.39, 0.29) is 18.3 Å². The molecule has 3 N–H and O–H groups in total. The smallest absolute Gasteiger partial charge is 0.303 e. The number of hydrogen-bond acceptors (Lipinski definition) is 3. The van der Waals surface area contributed by atoms with Crippen molar-refractivity contribution in [3.63, 3.8) is 0 Å². The molecule has 0 aromatic carbocycles. The van der Waals surface area contributed by atoms with Crippen molar-refractivity contribution in [1.82, 2.24) is 0 Å². The zero-order valence-electron chi connectivity index (χ0n) is 16.7. The van der Waals surface area contributed by atoms with Crippen LogP contribution < -0.4 is 0 Å². The average molecular weight is 375 g/mol. The van der Waals surface area contributed by atoms with Crippen molar-refractivity contribution in [3.05, 3.63) is 11.1 Å². The van der Waals surface area contributed by atoms with Gasteiger partial charge in [0.05, 0.1) is 12.0 Å². The van der Waals surface area contributed by atoms with Crippen LogP contribution in [-0.4, -0.2) is 33.5 Å². The molecule has 0 heterocycles. The number of fused-ring (bicyclic) bond motifs is 1. The summed E-state index contributed by atoms with van der Waals surface area (Å²) in [5.74, 6) is 6.91. The summed E-state index contributed by atoms with van der Waals surface area (Å²) in [7, 11) is 0. The van der Waals surface area contributed by atoms with Gasteiger partial charge in [0.15, 0.2) is 0 Å². The predicted molar refractivity (Wildman–Crippen MR) is 105 cm³/mol. The number of aliphatic carboxylic acids is 1. The molecule has 0 spiro atoms. The molecule has 2 unspecified atom stereocenters. The summed E-state index contributed by atoms with van der Waals surface area (Å²) < 4.78 is 0. The van der Waals surface area contributed by atoms with Crippen LogP contribution in [0.5, 0.6) is 0 Å². The van der Waals surface area contributed by atoms with Crippen molar-refractivity contribution in [2.24, 2.45) is 29.6 Å². The van der Waals surface area contributed by atoms with Crippen molar-refractivity contribution in [1.29, 1.82) is 0 Å². The van der Waals surface area contributed by atoms with Crippen LogP contribution in [0.25, 0.3) is 0 Å². The van der Waals surface area contributed by atoms with Crippen molar-refractivity contribution in [2.75, 3.05) is 0 Å². The van der Waals surface area contributed by atoms with Gasteiger partial charge in [0.25, 0.3) is 0 Å². The molecular formula is C23H34O4. The van der Waals surface area contributed by atoms with Crippen LogP contribution in [0.3, 0.4) is 0 Å². The number of hydrogen-bond donors (Lipinski definition) is 3. The van der Waals surface area contributed by atoms with Gasteiger partial charge in [-0.05, 0) is 62.7 Å². The highest BCUT2D eigenvalue weighted by atomic mass is 16.4. The largest absolute Gasteiger partial charge is 0.481 e. The lowest BCUT2D eigenvalue weighted by Gasteiger charge is -2.54. The van der Waals surface area contributed by atoms with E-state index in [4.69, 9.17) is 5.11 Å². The van der Waals surface area contributed by atoms with E-state index in [9.17, 15) is 15.0 Å². The molecule has 0 aromatic rings. The number of allylic oxidation sites excluding steroid dienone is 2. The van der Waals surface area contributed by atoms with Gasteiger partial charge in [0.2, 0.25) is 0 Å². The fourth-order valence-corrected chi connectivity index (χ4v) is 5.76. The van der Waals surface area contributed by atoms with Gasteiger partial charge >= 0.3 is 5.97 Å². The molecule has 3 fully saturated rings. The second kappa shape index (κ2) is 8.80. The molecule has 0 bridgehead atoms. The topological polar surface area (TPSA) is 77.8 Å². The molecule has 3 saturated carbocycles. The average Bonchev–Trinajstić information content (AvgIpc) is 2.66. The van der Waals surface area contributed by atoms with Crippen LogP contribution in [0.2, 0.25) is 0 Å². The van der Waals surface area contributed by atoms with Crippen LogP contribution in [0.4, 0.5) is 0 Å². The zero-order chi connectivity index (χ0) is 19.6. The van der Waals surface area contributed by atoms with E-state index in [1.165, 1.54) is 30.4 Å². The van der Waals surface area contributed by atoms with Crippen molar-refractivity contribution >= 4 is 5.97 Å². The third kappa shape index (κ3) is 4.41. The zero-order valence-corrected chi connectivity index (χ0v) is 16.7. The maximum Gasteiger partial charge on any atom is 0.303 e. The van der Waals surface area contributed by atoms with Gasteiger partial charge in [0.1, 0.15) is 6.10 Å². The van der Waals surface area contributed by atoms with E-state index >= 15 is 0 Å². The SMILES string of the molecule is C/C(CCC(=O)O)=C1/C(C)[C@@H]2[C@@H](C#CC(O)C3CCCCC3)[C@H](O)CC[C@H]12. The standard InChI is InChI=1S/C23H34O4/c1-14(8-13-21(26)27)22-15(2)23-17(20(25)12-10-18(22)23)9-11-19(24)16-6-4-3-5-7-16/h15-20,23-25H,3-8,10,12-13H2,1-2H3,(H,26,27)/b22-14+/t15?,17-,18+,19?,20+,23+/m0/s1. The molecule has 3 aliphatic rings. The van der Waals surface area contributed by atoms with Crippen molar-refractivity contribution < 1.29 is 20.1 Å². The van der Waals surface area contributed by atoms with Crippen LogP contribution in [0.15, 0.2) is 11.1 Å². The van der Waals surface area contributed by atoms with E-state index < -0.39 is 18.2 Å². The highest BCUT2D eigenvalue weighted by molar-refractivity contribution is 5.67. The lowest BCUT2D eigenvalue weighted by Crippen LogP contribution is -2.50. The Morgan fingerprint density at radius 3 is 2.52 bits per heavy atom. The Balaban J connectivity index is 1.69. The Morgan fingerprint density at radius 1 is 1.15 bits per heavy atom. The van der Waals surface area contributed by atoms with Crippen LogP contribution in [0.1, 0.15) is 71.6 Å². The fourth-order valence-electron chi connectivity index (χ4n) is 5.76. The molecule has 0 aliphatic heterocycles. The molecule has 0 aromatic heterocycles. The van der Waals surface area contributed by atoms with Gasteiger partial charge in [-0.15, -0.1) is 0 Å². The molecule has 0 amide bonds. The summed E-state index contributed by atoms with van der Waals surface area (Å²) in [5, 5.41) is 30.0. The quantitative estimate of drug-likeness (QED) is 0.517. The normalized spacial score (nSPS) is 36.7. The minimum absolute atomic E-state index is 0.0759. The maximum atomic E-state index is 10.9. The molecule has 27 heavy (non-hydrogen) atoms. The second-order valence-corrected chi connectivity index (χ2v) is 8.90. The van der Waals surface area contributed by atoms with Gasteiger partial charge in [-0.2, -0.15) is 0 Å². The summed E-state index contributed by atoms with van der Waals surface area (Å²) in [6, 6.07) is 0. The number of carbonyl (C=O) groups is 1. The van der Waals surface area contributed by atoms with Gasteiger partial charge in [-0.3, -0.25) is 4.79 Å². The lowest BCUT2D eigenvalue weighted by atomic mass is 9.50. The summed E-state index contributed by atoms with van der Waals surface area (Å²) in [4.78, 5) is 10.9. The summed E-state index contributed by atoms with van der Waals surface area (Å²) in [6.07, 6.45) is 7.24. The number of aliphatic hydroxyl groups excluding tert-OH is 2. The maximum absolute atomic E-state index is 10.9. The molecule has 6 atom stereocenters. The first-order valence-corrected chi connectivity index (χ1v) is 10.7. The highest BCUT2D eigenvalue weighted by Crippen LogP contribution is 2.56. The molecular weight excluding hydrogens is 340 g/mol. The molecule has 4 heteroatoms. The van der Waals surface area contributed by atoms with Gasteiger partial charge < -0.3 is 15.3 Å². The third-order valence-electron chi connectivity index (χ3n) is 7.24.